The van der Waals surface area contributed by atoms with E-state index in [9.17, 15) is 9.59 Å². The second-order valence-corrected chi connectivity index (χ2v) is 9.76. The van der Waals surface area contributed by atoms with Gasteiger partial charge in [0.2, 0.25) is 5.91 Å². The number of benzene rings is 3. The van der Waals surface area contributed by atoms with Crippen molar-refractivity contribution in [3.63, 3.8) is 0 Å². The van der Waals surface area contributed by atoms with Crippen LogP contribution in [0.1, 0.15) is 16.7 Å². The quantitative estimate of drug-likeness (QED) is 0.395. The second kappa shape index (κ2) is 12.3. The topological polar surface area (TPSA) is 81.9 Å². The summed E-state index contributed by atoms with van der Waals surface area (Å²) < 4.78 is 10.5. The summed E-state index contributed by atoms with van der Waals surface area (Å²) in [6.45, 7) is 0.259. The Hall–Kier alpha value is -3.58. The van der Waals surface area contributed by atoms with E-state index in [1.54, 1.807) is 53.5 Å². The third kappa shape index (κ3) is 6.45. The van der Waals surface area contributed by atoms with Crippen molar-refractivity contribution in [1.82, 2.24) is 4.90 Å². The molecule has 6 nitrogen and oxygen atoms in total. The smallest absolute Gasteiger partial charge is 0.240 e. The van der Waals surface area contributed by atoms with E-state index in [4.69, 9.17) is 38.4 Å². The molecular weight excluding hydrogens is 523 g/mol. The Labute approximate surface area is 232 Å². The van der Waals surface area contributed by atoms with Crippen LogP contribution in [0.2, 0.25) is 10.0 Å². The Morgan fingerprint density at radius 2 is 1.39 bits per heavy atom. The molecule has 1 amide bonds. The number of Topliss-reactive ketones (excluding diaryl/α,β-unsaturated/α-hetero) is 1. The fraction of sp³-hybridized carbons (Fsp3) is 0.200. The number of hydrogen-bond donors (Lipinski definition) is 1. The lowest BCUT2D eigenvalue weighted by atomic mass is 9.93. The van der Waals surface area contributed by atoms with Crippen LogP contribution >= 0.6 is 23.2 Å². The van der Waals surface area contributed by atoms with Gasteiger partial charge >= 0.3 is 0 Å². The number of nitrogens with zero attached hydrogens (tertiary/aromatic N) is 1. The lowest BCUT2D eigenvalue weighted by Gasteiger charge is -2.32. The fourth-order valence-corrected chi connectivity index (χ4v) is 4.86. The minimum atomic E-state index is -0.751. The number of rotatable bonds is 7. The van der Waals surface area contributed by atoms with Crippen LogP contribution in [0, 0.1) is 0 Å². The maximum atomic E-state index is 13.6. The van der Waals surface area contributed by atoms with Crippen molar-refractivity contribution in [3.05, 3.63) is 105 Å². The summed E-state index contributed by atoms with van der Waals surface area (Å²) in [5, 5.41) is 0.845. The third-order valence-corrected chi connectivity index (χ3v) is 6.86. The molecule has 2 N–H and O–H groups in total. The molecule has 4 rings (SSSR count). The number of hydrogen-bond acceptors (Lipinski definition) is 5. The SMILES string of the molecule is COc1ccc(/C=C2\CN(C(=O)C(N)Cc3ccccc3)C/C(=C\c3ccc(OC)c(Cl)c3)C2=O)cc1Cl. The number of halogens is 2. The number of amides is 1. The van der Waals surface area contributed by atoms with E-state index in [-0.39, 0.29) is 24.8 Å². The zero-order chi connectivity index (χ0) is 27.2. The van der Waals surface area contributed by atoms with E-state index in [1.807, 2.05) is 30.3 Å². The number of likely N-dealkylation sites (tertiary alicyclic amines) is 1. The minimum Gasteiger partial charge on any atom is -0.495 e. The molecule has 0 saturated carbocycles. The predicted octanol–water partition coefficient (Wildman–Crippen LogP) is 5.46. The lowest BCUT2D eigenvalue weighted by Crippen LogP contribution is -2.49. The summed E-state index contributed by atoms with van der Waals surface area (Å²) in [6.07, 6.45) is 3.87. The monoisotopic (exact) mass is 550 g/mol. The van der Waals surface area contributed by atoms with E-state index in [0.717, 1.165) is 5.56 Å². The molecule has 1 saturated heterocycles. The molecule has 3 aromatic carbocycles. The van der Waals surface area contributed by atoms with Crippen LogP contribution in [0.4, 0.5) is 0 Å². The molecule has 8 heteroatoms. The van der Waals surface area contributed by atoms with Gasteiger partial charge in [-0.15, -0.1) is 0 Å². The van der Waals surface area contributed by atoms with Crippen LogP contribution < -0.4 is 15.2 Å². The second-order valence-electron chi connectivity index (χ2n) is 8.95. The molecule has 1 aliphatic heterocycles. The van der Waals surface area contributed by atoms with Crippen molar-refractivity contribution in [3.8, 4) is 11.5 Å². The van der Waals surface area contributed by atoms with E-state index < -0.39 is 6.04 Å². The Kier molecular flexibility index (Phi) is 8.89. The van der Waals surface area contributed by atoms with Gasteiger partial charge in [-0.3, -0.25) is 9.59 Å². The van der Waals surface area contributed by atoms with Crippen molar-refractivity contribution in [1.29, 1.82) is 0 Å². The van der Waals surface area contributed by atoms with Crippen LogP contribution in [-0.2, 0) is 16.0 Å². The Balaban J connectivity index is 1.68. The summed E-state index contributed by atoms with van der Waals surface area (Å²) in [5.74, 6) is 0.664. The Bertz CT molecular complexity index is 1330. The maximum Gasteiger partial charge on any atom is 0.240 e. The molecule has 0 aromatic heterocycles. The number of carbonyl (C=O) groups is 2. The summed E-state index contributed by atoms with van der Waals surface area (Å²) in [4.78, 5) is 28.6. The summed E-state index contributed by atoms with van der Waals surface area (Å²) in [7, 11) is 3.07. The molecular formula is C30H28Cl2N2O4. The molecule has 3 aromatic rings. The molecule has 1 atom stereocenters. The first-order chi connectivity index (χ1) is 18.3. The average Bonchev–Trinajstić information content (AvgIpc) is 2.91. The lowest BCUT2D eigenvalue weighted by molar-refractivity contribution is -0.132. The maximum absolute atomic E-state index is 13.6. The number of carbonyl (C=O) groups excluding carboxylic acids is 2. The van der Waals surface area contributed by atoms with E-state index in [1.165, 1.54) is 14.2 Å². The van der Waals surface area contributed by atoms with Gasteiger partial charge in [-0.1, -0.05) is 65.7 Å². The number of ketones is 1. The van der Waals surface area contributed by atoms with Crippen molar-refractivity contribution in [2.24, 2.45) is 5.73 Å². The third-order valence-electron chi connectivity index (χ3n) is 6.27. The normalized spacial score (nSPS) is 16.6. The van der Waals surface area contributed by atoms with Crippen LogP contribution in [0.15, 0.2) is 77.9 Å². The van der Waals surface area contributed by atoms with Gasteiger partial charge in [0.05, 0.1) is 30.3 Å². The average molecular weight is 551 g/mol. The van der Waals surface area contributed by atoms with Crippen LogP contribution in [-0.4, -0.2) is 49.9 Å². The molecule has 1 heterocycles. The summed E-state index contributed by atoms with van der Waals surface area (Å²) >= 11 is 12.6. The van der Waals surface area contributed by atoms with E-state index in [0.29, 0.717) is 50.2 Å². The largest absolute Gasteiger partial charge is 0.495 e. The van der Waals surface area contributed by atoms with Gasteiger partial charge in [-0.05, 0) is 59.5 Å². The standard InChI is InChI=1S/C30H28Cl2N2O4/c1-37-27-10-8-20(14-24(27)31)12-22-17-34(30(36)26(33)16-19-6-4-3-5-7-19)18-23(29(22)35)13-21-9-11-28(38-2)25(32)15-21/h3-15,26H,16-18,33H2,1-2H3/b22-12+,23-13+. The first-order valence-corrected chi connectivity index (χ1v) is 12.8. The highest BCUT2D eigenvalue weighted by atomic mass is 35.5. The van der Waals surface area contributed by atoms with Gasteiger partial charge in [0, 0.05) is 24.2 Å². The van der Waals surface area contributed by atoms with Gasteiger partial charge in [0.15, 0.2) is 5.78 Å². The highest BCUT2D eigenvalue weighted by molar-refractivity contribution is 6.32. The number of ether oxygens (including phenoxy) is 2. The number of nitrogens with two attached hydrogens (primary N) is 1. The fourth-order valence-electron chi connectivity index (χ4n) is 4.33. The molecule has 38 heavy (non-hydrogen) atoms. The molecule has 196 valence electrons. The highest BCUT2D eigenvalue weighted by Gasteiger charge is 2.31. The van der Waals surface area contributed by atoms with Gasteiger partial charge in [0.25, 0.3) is 0 Å². The van der Waals surface area contributed by atoms with Gasteiger partial charge < -0.3 is 20.1 Å². The van der Waals surface area contributed by atoms with Gasteiger partial charge in [0.1, 0.15) is 11.5 Å². The van der Waals surface area contributed by atoms with Crippen LogP contribution in [0.3, 0.4) is 0 Å². The minimum absolute atomic E-state index is 0.129. The number of methoxy groups -OCH3 is 2. The van der Waals surface area contributed by atoms with E-state index >= 15 is 0 Å². The predicted molar refractivity (Wildman–Crippen MR) is 152 cm³/mol. The molecule has 0 spiro atoms. The molecule has 0 radical (unpaired) electrons. The zero-order valence-corrected chi connectivity index (χ0v) is 22.6. The van der Waals surface area contributed by atoms with Crippen LogP contribution in [0.25, 0.3) is 12.2 Å². The Morgan fingerprint density at radius 1 is 0.895 bits per heavy atom. The molecule has 0 bridgehead atoms. The Morgan fingerprint density at radius 3 is 1.84 bits per heavy atom. The number of piperidine rings is 1. The summed E-state index contributed by atoms with van der Waals surface area (Å²) in [6, 6.07) is 19.4. The zero-order valence-electron chi connectivity index (χ0n) is 21.1. The van der Waals surface area contributed by atoms with Crippen molar-refractivity contribution in [2.45, 2.75) is 12.5 Å². The van der Waals surface area contributed by atoms with Crippen LogP contribution in [0.5, 0.6) is 11.5 Å². The van der Waals surface area contributed by atoms with Gasteiger partial charge in [-0.2, -0.15) is 0 Å². The van der Waals surface area contributed by atoms with Crippen molar-refractivity contribution < 1.29 is 19.1 Å². The molecule has 1 unspecified atom stereocenters. The first-order valence-electron chi connectivity index (χ1n) is 12.0. The molecule has 1 fully saturated rings. The van der Waals surface area contributed by atoms with E-state index in [2.05, 4.69) is 0 Å². The first kappa shape index (κ1) is 27.5. The van der Waals surface area contributed by atoms with Crippen molar-refractivity contribution >= 4 is 47.0 Å². The van der Waals surface area contributed by atoms with Gasteiger partial charge in [-0.25, -0.2) is 0 Å². The summed E-state index contributed by atoms with van der Waals surface area (Å²) in [5.41, 5.74) is 9.63. The van der Waals surface area contributed by atoms with Crippen molar-refractivity contribution in [2.75, 3.05) is 27.3 Å². The highest BCUT2D eigenvalue weighted by Crippen LogP contribution is 2.30. The molecule has 0 aliphatic carbocycles. The molecule has 1 aliphatic rings.